The average Bonchev–Trinajstić information content (AvgIpc) is 3.64. The van der Waals surface area contributed by atoms with Crippen molar-refractivity contribution in [3.63, 3.8) is 0 Å². The van der Waals surface area contributed by atoms with Gasteiger partial charge in [0.2, 0.25) is 11.8 Å². The van der Waals surface area contributed by atoms with Gasteiger partial charge in [-0.2, -0.15) is 0 Å². The summed E-state index contributed by atoms with van der Waals surface area (Å²) >= 11 is 0. The molecular weight excluding hydrogens is 524 g/mol. The Kier molecular flexibility index (Phi) is 6.65. The number of nitrogens with one attached hydrogen (secondary N) is 2. The van der Waals surface area contributed by atoms with Gasteiger partial charge in [0.1, 0.15) is 23.8 Å². The number of aliphatic hydroxyl groups is 1. The van der Waals surface area contributed by atoms with Crippen LogP contribution in [0.2, 0.25) is 0 Å². The lowest BCUT2D eigenvalue weighted by molar-refractivity contribution is -0.950. The molecule has 2 saturated carbocycles. The third kappa shape index (κ3) is 4.33. The van der Waals surface area contributed by atoms with Crippen LogP contribution in [0.5, 0.6) is 11.5 Å². The molecule has 222 valence electrons. The number of hydrogen-bond acceptors (Lipinski definition) is 6. The molecule has 2 heterocycles. The summed E-state index contributed by atoms with van der Waals surface area (Å²) in [7, 11) is 3.94. The van der Waals surface area contributed by atoms with Gasteiger partial charge in [-0.05, 0) is 49.8 Å². The number of likely N-dealkylation sites (N-methyl/N-ethyl adjacent to an activating group) is 2. The molecule has 3 amide bonds. The molecule has 5 aliphatic rings. The van der Waals surface area contributed by atoms with Gasteiger partial charge in [0.25, 0.3) is 0 Å². The van der Waals surface area contributed by atoms with Gasteiger partial charge in [-0.15, -0.1) is 0 Å². The summed E-state index contributed by atoms with van der Waals surface area (Å²) in [5, 5.41) is 17.9. The molecule has 2 bridgehead atoms. The topological polar surface area (TPSA) is 117 Å². The first-order valence-electron chi connectivity index (χ1n) is 14.9. The fourth-order valence-corrected chi connectivity index (χ4v) is 8.27. The van der Waals surface area contributed by atoms with E-state index in [1.54, 1.807) is 14.0 Å². The lowest BCUT2D eigenvalue weighted by Crippen LogP contribution is -2.80. The molecule has 3 fully saturated rings. The van der Waals surface area contributed by atoms with Gasteiger partial charge < -0.3 is 34.6 Å². The highest BCUT2D eigenvalue weighted by atomic mass is 16.6. The van der Waals surface area contributed by atoms with Crippen LogP contribution in [0.1, 0.15) is 57.1 Å². The average molecular weight is 568 g/mol. The quantitative estimate of drug-likeness (QED) is 0.327. The molecule has 1 saturated heterocycles. The van der Waals surface area contributed by atoms with Crippen LogP contribution in [0.4, 0.5) is 4.79 Å². The maximum Gasteiger partial charge on any atom is 0.415 e. The first-order chi connectivity index (χ1) is 19.4. The van der Waals surface area contributed by atoms with Crippen molar-refractivity contribution in [3.05, 3.63) is 35.4 Å². The van der Waals surface area contributed by atoms with Crippen molar-refractivity contribution in [2.24, 2.45) is 5.92 Å². The number of rotatable bonds is 8. The molecule has 1 spiro atoms. The molecule has 6 atom stereocenters. The van der Waals surface area contributed by atoms with Crippen molar-refractivity contribution >= 4 is 17.9 Å². The molecule has 41 heavy (non-hydrogen) atoms. The molecule has 1 unspecified atom stereocenters. The molecule has 0 radical (unpaired) electrons. The third-order valence-corrected chi connectivity index (χ3v) is 10.5. The number of carbonyl (C=O) groups is 3. The van der Waals surface area contributed by atoms with Crippen molar-refractivity contribution < 1.29 is 33.4 Å². The van der Waals surface area contributed by atoms with Crippen LogP contribution in [0.3, 0.4) is 0 Å². The Balaban J connectivity index is 1.22. The van der Waals surface area contributed by atoms with Crippen LogP contribution in [0, 0.1) is 5.92 Å². The number of quaternary nitrogens is 1. The summed E-state index contributed by atoms with van der Waals surface area (Å²) in [4.78, 5) is 37.8. The summed E-state index contributed by atoms with van der Waals surface area (Å²) in [6, 6.07) is 3.30. The Bertz CT molecular complexity index is 1310. The van der Waals surface area contributed by atoms with Gasteiger partial charge >= 0.3 is 6.09 Å². The SMILES string of the molecule is C=C1CC[C@@]2(O)[C@H]3Cc4ccc(OC(=O)N(C)CCNC(=O)[C@H](C)NC(C)=O)c5c4[C@@]2(CC[N+]3(C)CC2CC2)[C@H]1O5. The Labute approximate surface area is 241 Å². The van der Waals surface area contributed by atoms with Gasteiger partial charge in [0.05, 0.1) is 25.6 Å². The summed E-state index contributed by atoms with van der Waals surface area (Å²) in [6.07, 6.45) is 4.64. The summed E-state index contributed by atoms with van der Waals surface area (Å²) in [5.74, 6) is 1.05. The van der Waals surface area contributed by atoms with Gasteiger partial charge in [-0.3, -0.25) is 9.59 Å². The second-order valence-corrected chi connectivity index (χ2v) is 13.3. The molecule has 10 nitrogen and oxygen atoms in total. The monoisotopic (exact) mass is 567 g/mol. The van der Waals surface area contributed by atoms with Crippen LogP contribution in [0.25, 0.3) is 0 Å². The van der Waals surface area contributed by atoms with Crippen LogP contribution in [-0.2, 0) is 21.4 Å². The second-order valence-electron chi connectivity index (χ2n) is 13.3. The second kappa shape index (κ2) is 9.73. The minimum atomic E-state index is -0.912. The number of likely N-dealkylation sites (tertiary alicyclic amines) is 1. The molecule has 10 heteroatoms. The number of carbonyl (C=O) groups excluding carboxylic acids is 3. The van der Waals surface area contributed by atoms with E-state index < -0.39 is 23.2 Å². The maximum atomic E-state index is 13.1. The maximum absolute atomic E-state index is 13.1. The highest BCUT2D eigenvalue weighted by Gasteiger charge is 2.75. The van der Waals surface area contributed by atoms with E-state index in [2.05, 4.69) is 30.3 Å². The fraction of sp³-hybridized carbons (Fsp3) is 0.645. The highest BCUT2D eigenvalue weighted by Crippen LogP contribution is 2.67. The zero-order valence-electron chi connectivity index (χ0n) is 24.6. The van der Waals surface area contributed by atoms with Crippen LogP contribution >= 0.6 is 0 Å². The summed E-state index contributed by atoms with van der Waals surface area (Å²) in [6.45, 7) is 9.86. The number of amides is 3. The first kappa shape index (κ1) is 28.0. The molecule has 2 aliphatic heterocycles. The molecule has 1 aromatic carbocycles. The van der Waals surface area contributed by atoms with Crippen LogP contribution in [-0.4, -0.2) is 96.5 Å². The highest BCUT2D eigenvalue weighted by molar-refractivity contribution is 5.86. The zero-order chi connectivity index (χ0) is 29.3. The number of ether oxygens (including phenoxy) is 2. The lowest BCUT2D eigenvalue weighted by Gasteiger charge is -2.65. The molecule has 0 aromatic heterocycles. The van der Waals surface area contributed by atoms with Gasteiger partial charge in [-0.1, -0.05) is 12.6 Å². The summed E-state index contributed by atoms with van der Waals surface area (Å²) in [5.41, 5.74) is 1.68. The largest absolute Gasteiger partial charge is 0.481 e. The molecular formula is C31H43N4O6+. The van der Waals surface area contributed by atoms with Crippen molar-refractivity contribution in [3.8, 4) is 11.5 Å². The van der Waals surface area contributed by atoms with Crippen molar-refractivity contribution in [1.29, 1.82) is 0 Å². The number of hydrogen-bond donors (Lipinski definition) is 3. The number of benzene rings is 1. The van der Waals surface area contributed by atoms with Crippen molar-refractivity contribution in [2.45, 2.75) is 81.6 Å². The summed E-state index contributed by atoms with van der Waals surface area (Å²) < 4.78 is 13.4. The standard InChI is InChI=1S/C31H42N4O6/c1-18-10-11-31(39)24-16-22-8-9-23(40-29(38)34(4)14-13-32-28(37)19(2)33-20(3)36)26-25(22)30(31,27(18)41-26)12-15-35(24,5)17-21-6-7-21/h8-9,19,21,24,27,39H,1,6-7,10-17H2,2-5H3,(H-,32,33,36,37)/p+1/t19-,24+,27-,30-,31+,35?/m0/s1. The molecule has 1 aromatic rings. The molecule has 3 N–H and O–H groups in total. The van der Waals surface area contributed by atoms with Crippen molar-refractivity contribution in [1.82, 2.24) is 15.5 Å². The predicted molar refractivity (Wildman–Crippen MR) is 152 cm³/mol. The smallest absolute Gasteiger partial charge is 0.415 e. The zero-order valence-corrected chi connectivity index (χ0v) is 24.6. The minimum Gasteiger partial charge on any atom is -0.481 e. The molecule has 3 aliphatic carbocycles. The van der Waals surface area contributed by atoms with Gasteiger partial charge in [-0.25, -0.2) is 4.79 Å². The van der Waals surface area contributed by atoms with E-state index in [0.29, 0.717) is 17.9 Å². The van der Waals surface area contributed by atoms with Gasteiger partial charge in [0.15, 0.2) is 11.5 Å². The fourth-order valence-electron chi connectivity index (χ4n) is 8.27. The number of nitrogens with zero attached hydrogens (tertiary/aromatic N) is 2. The Morgan fingerprint density at radius 3 is 2.76 bits per heavy atom. The Hall–Kier alpha value is -3.11. The predicted octanol–water partition coefficient (Wildman–Crippen LogP) is 2.02. The van der Waals surface area contributed by atoms with Crippen molar-refractivity contribution in [2.75, 3.05) is 40.3 Å². The Morgan fingerprint density at radius 2 is 2.05 bits per heavy atom. The normalized spacial score (nSPS) is 33.2. The van der Waals surface area contributed by atoms with E-state index in [-0.39, 0.29) is 37.0 Å². The Morgan fingerprint density at radius 1 is 1.29 bits per heavy atom. The number of piperidine rings is 1. The van der Waals surface area contributed by atoms with E-state index >= 15 is 0 Å². The lowest BCUT2D eigenvalue weighted by atomic mass is 9.48. The minimum absolute atomic E-state index is 0.0950. The first-order valence-corrected chi connectivity index (χ1v) is 14.9. The van der Waals surface area contributed by atoms with E-state index in [4.69, 9.17) is 9.47 Å². The van der Waals surface area contributed by atoms with E-state index in [1.807, 2.05) is 6.07 Å². The van der Waals surface area contributed by atoms with Crippen LogP contribution in [0.15, 0.2) is 24.3 Å². The van der Waals surface area contributed by atoms with Gasteiger partial charge in [0, 0.05) is 51.4 Å². The third-order valence-electron chi connectivity index (χ3n) is 10.5. The molecule has 6 rings (SSSR count). The van der Waals surface area contributed by atoms with Crippen LogP contribution < -0.4 is 20.1 Å². The van der Waals surface area contributed by atoms with E-state index in [1.165, 1.54) is 30.2 Å². The van der Waals surface area contributed by atoms with E-state index in [9.17, 15) is 19.5 Å². The van der Waals surface area contributed by atoms with E-state index in [0.717, 1.165) is 53.9 Å².